The van der Waals surface area contributed by atoms with Crippen molar-refractivity contribution in [2.75, 3.05) is 45.2 Å². The molecule has 0 radical (unpaired) electrons. The van der Waals surface area contributed by atoms with E-state index in [4.69, 9.17) is 14.5 Å². The number of fused-ring (bicyclic) bond motifs is 3. The van der Waals surface area contributed by atoms with Gasteiger partial charge in [-0.05, 0) is 57.1 Å². The van der Waals surface area contributed by atoms with E-state index in [-0.39, 0.29) is 5.91 Å². The van der Waals surface area contributed by atoms with E-state index in [9.17, 15) is 4.79 Å². The Bertz CT molecular complexity index is 1270. The summed E-state index contributed by atoms with van der Waals surface area (Å²) in [6.45, 7) is 7.22. The molecule has 2 aromatic heterocycles. The molecular formula is C24H28N6O3. The number of methoxy groups -OCH3 is 1. The number of aromatic nitrogens is 3. The van der Waals surface area contributed by atoms with Gasteiger partial charge in [-0.1, -0.05) is 0 Å². The lowest BCUT2D eigenvalue weighted by atomic mass is 10.2. The number of ether oxygens (including phenoxy) is 2. The molecule has 0 aliphatic carbocycles. The van der Waals surface area contributed by atoms with Crippen LogP contribution in [0, 0.1) is 6.92 Å². The molecule has 3 aromatic rings. The summed E-state index contributed by atoms with van der Waals surface area (Å²) < 4.78 is 13.7. The molecule has 0 unspecified atom stereocenters. The number of carbonyl (C=O) groups excluding carboxylic acids is 1. The number of likely N-dealkylation sites (tertiary alicyclic amines) is 1. The summed E-state index contributed by atoms with van der Waals surface area (Å²) >= 11 is 0. The molecule has 1 fully saturated rings. The van der Waals surface area contributed by atoms with Crippen LogP contribution in [0.3, 0.4) is 0 Å². The summed E-state index contributed by atoms with van der Waals surface area (Å²) in [5.74, 6) is 1.70. The Morgan fingerprint density at radius 1 is 1.24 bits per heavy atom. The van der Waals surface area contributed by atoms with Gasteiger partial charge in [0.25, 0.3) is 5.91 Å². The number of aryl methyl sites for hydroxylation is 1. The fraction of sp³-hybridized carbons (Fsp3) is 0.417. The summed E-state index contributed by atoms with van der Waals surface area (Å²) in [7, 11) is 1.61. The Kier molecular flexibility index (Phi) is 5.95. The van der Waals surface area contributed by atoms with E-state index in [1.807, 2.05) is 16.7 Å². The summed E-state index contributed by atoms with van der Waals surface area (Å²) in [6.07, 6.45) is 3.90. The number of pyridine rings is 1. The molecule has 1 aromatic carbocycles. The smallest absolute Gasteiger partial charge is 0.282 e. The van der Waals surface area contributed by atoms with Gasteiger partial charge in [-0.2, -0.15) is 4.99 Å². The van der Waals surface area contributed by atoms with E-state index in [0.717, 1.165) is 30.7 Å². The van der Waals surface area contributed by atoms with Gasteiger partial charge in [0, 0.05) is 31.2 Å². The SMILES string of the molecule is COc1c(OCCCN2CCC2)ccc2c3n(c(=NC(=O)c4cccnc4C)nc12)CCN3. The Hall–Kier alpha value is -3.46. The molecule has 172 valence electrons. The predicted octanol–water partition coefficient (Wildman–Crippen LogP) is 2.39. The highest BCUT2D eigenvalue weighted by molar-refractivity contribution is 5.97. The normalized spacial score (nSPS) is 15.8. The molecule has 1 amide bonds. The zero-order valence-corrected chi connectivity index (χ0v) is 19.0. The Balaban J connectivity index is 1.52. The molecule has 4 heterocycles. The first-order valence-corrected chi connectivity index (χ1v) is 11.4. The topological polar surface area (TPSA) is 93.9 Å². The van der Waals surface area contributed by atoms with E-state index < -0.39 is 0 Å². The van der Waals surface area contributed by atoms with Crippen LogP contribution < -0.4 is 20.4 Å². The largest absolute Gasteiger partial charge is 0.491 e. The molecule has 33 heavy (non-hydrogen) atoms. The quantitative estimate of drug-likeness (QED) is 0.555. The van der Waals surface area contributed by atoms with E-state index >= 15 is 0 Å². The van der Waals surface area contributed by atoms with Crippen LogP contribution in [0.25, 0.3) is 10.9 Å². The van der Waals surface area contributed by atoms with Crippen molar-refractivity contribution in [2.45, 2.75) is 26.3 Å². The number of hydrogen-bond acceptors (Lipinski definition) is 7. The van der Waals surface area contributed by atoms with Crippen molar-refractivity contribution in [3.8, 4) is 11.5 Å². The highest BCUT2D eigenvalue weighted by atomic mass is 16.5. The van der Waals surface area contributed by atoms with Crippen LogP contribution in [0.5, 0.6) is 11.5 Å². The van der Waals surface area contributed by atoms with E-state index in [0.29, 0.717) is 47.0 Å². The van der Waals surface area contributed by atoms with Gasteiger partial charge in [0.15, 0.2) is 11.5 Å². The lowest BCUT2D eigenvalue weighted by Crippen LogP contribution is -2.38. The number of carbonyl (C=O) groups is 1. The standard InChI is InChI=1S/C24H28N6O3/c1-16-17(6-3-9-25-16)23(31)28-24-27-20-18(22-26-10-14-30(22)24)7-8-19(21(20)32-2)33-15-5-13-29-11-4-12-29/h3,6-9,26H,4-5,10-15H2,1-2H3. The summed E-state index contributed by atoms with van der Waals surface area (Å²) in [5.41, 5.74) is 2.06. The first-order chi connectivity index (χ1) is 16.2. The molecule has 0 atom stereocenters. The first kappa shape index (κ1) is 21.4. The molecule has 0 spiro atoms. The number of rotatable bonds is 7. The molecule has 1 saturated heterocycles. The highest BCUT2D eigenvalue weighted by Gasteiger charge is 2.21. The van der Waals surface area contributed by atoms with Gasteiger partial charge in [-0.25, -0.2) is 4.98 Å². The average Bonchev–Trinajstić information content (AvgIpc) is 3.28. The second-order valence-electron chi connectivity index (χ2n) is 8.28. The van der Waals surface area contributed by atoms with Crippen LogP contribution >= 0.6 is 0 Å². The van der Waals surface area contributed by atoms with Gasteiger partial charge < -0.3 is 19.7 Å². The average molecular weight is 449 g/mol. The molecule has 0 bridgehead atoms. The van der Waals surface area contributed by atoms with Crippen LogP contribution in [0.4, 0.5) is 5.82 Å². The molecule has 2 aliphatic heterocycles. The molecule has 9 nitrogen and oxygen atoms in total. The minimum atomic E-state index is -0.369. The molecule has 5 rings (SSSR count). The number of nitrogens with one attached hydrogen (secondary N) is 1. The maximum Gasteiger partial charge on any atom is 0.282 e. The van der Waals surface area contributed by atoms with Gasteiger partial charge in [-0.3, -0.25) is 14.3 Å². The second kappa shape index (κ2) is 9.19. The molecule has 9 heteroatoms. The lowest BCUT2D eigenvalue weighted by Gasteiger charge is -2.30. The van der Waals surface area contributed by atoms with Crippen LogP contribution in [0.2, 0.25) is 0 Å². The Morgan fingerprint density at radius 3 is 2.88 bits per heavy atom. The van der Waals surface area contributed by atoms with Gasteiger partial charge in [0.05, 0.1) is 25.0 Å². The maximum absolute atomic E-state index is 12.9. The van der Waals surface area contributed by atoms with Crippen molar-refractivity contribution in [3.63, 3.8) is 0 Å². The maximum atomic E-state index is 12.9. The molecular weight excluding hydrogens is 420 g/mol. The van der Waals surface area contributed by atoms with Crippen LogP contribution in [0.15, 0.2) is 35.5 Å². The Morgan fingerprint density at radius 2 is 2.12 bits per heavy atom. The minimum absolute atomic E-state index is 0.337. The lowest BCUT2D eigenvalue weighted by molar-refractivity contribution is 0.0995. The van der Waals surface area contributed by atoms with Gasteiger partial charge in [0.1, 0.15) is 11.3 Å². The molecule has 0 saturated carbocycles. The number of anilines is 1. The van der Waals surface area contributed by atoms with Crippen molar-refractivity contribution < 1.29 is 14.3 Å². The first-order valence-electron chi connectivity index (χ1n) is 11.4. The minimum Gasteiger partial charge on any atom is -0.491 e. The van der Waals surface area contributed by atoms with Crippen LogP contribution in [-0.4, -0.2) is 65.2 Å². The molecule has 1 N–H and O–H groups in total. The zero-order chi connectivity index (χ0) is 22.8. The fourth-order valence-electron chi connectivity index (χ4n) is 4.28. The monoisotopic (exact) mass is 448 g/mol. The second-order valence-corrected chi connectivity index (χ2v) is 8.28. The van der Waals surface area contributed by atoms with Gasteiger partial charge in [-0.15, -0.1) is 0 Å². The molecule has 2 aliphatic rings. The highest BCUT2D eigenvalue weighted by Crippen LogP contribution is 2.37. The van der Waals surface area contributed by atoms with Crippen molar-refractivity contribution in [3.05, 3.63) is 47.3 Å². The van der Waals surface area contributed by atoms with Gasteiger partial charge >= 0.3 is 0 Å². The number of nitrogens with zero attached hydrogens (tertiary/aromatic N) is 5. The summed E-state index contributed by atoms with van der Waals surface area (Å²) in [6, 6.07) is 7.37. The summed E-state index contributed by atoms with van der Waals surface area (Å²) in [5, 5.41) is 4.30. The van der Waals surface area contributed by atoms with Crippen molar-refractivity contribution in [1.29, 1.82) is 0 Å². The van der Waals surface area contributed by atoms with Crippen molar-refractivity contribution in [1.82, 2.24) is 19.4 Å². The van der Waals surface area contributed by atoms with Gasteiger partial charge in [0.2, 0.25) is 5.62 Å². The third-order valence-electron chi connectivity index (χ3n) is 6.17. The van der Waals surface area contributed by atoms with Crippen molar-refractivity contribution in [2.24, 2.45) is 4.99 Å². The van der Waals surface area contributed by atoms with Crippen LogP contribution in [0.1, 0.15) is 28.9 Å². The van der Waals surface area contributed by atoms with E-state index in [1.54, 1.807) is 32.4 Å². The predicted molar refractivity (Wildman–Crippen MR) is 125 cm³/mol. The number of hydrogen-bond donors (Lipinski definition) is 1. The van der Waals surface area contributed by atoms with E-state index in [1.165, 1.54) is 19.5 Å². The third kappa shape index (κ3) is 4.16. The fourth-order valence-corrected chi connectivity index (χ4v) is 4.28. The third-order valence-corrected chi connectivity index (χ3v) is 6.17. The number of benzene rings is 1. The van der Waals surface area contributed by atoms with E-state index in [2.05, 4.69) is 20.2 Å². The number of amides is 1. The Labute approximate surface area is 192 Å². The van der Waals surface area contributed by atoms with Crippen LogP contribution in [-0.2, 0) is 6.54 Å². The van der Waals surface area contributed by atoms with Crippen molar-refractivity contribution >= 4 is 22.6 Å². The zero-order valence-electron chi connectivity index (χ0n) is 19.0. The summed E-state index contributed by atoms with van der Waals surface area (Å²) in [4.78, 5) is 28.6.